The van der Waals surface area contributed by atoms with Crippen molar-refractivity contribution in [1.82, 2.24) is 4.98 Å². The van der Waals surface area contributed by atoms with Gasteiger partial charge >= 0.3 is 0 Å². The number of thioether (sulfide) groups is 2. The second-order valence-electron chi connectivity index (χ2n) is 6.13. The number of amides is 1. The number of aromatic nitrogens is 1. The SMILES string of the molecule is C[C@@H]1CSC(S[C@H](C)C(=O)N(c2nccs2)C2CCCCC2)=N1. The Bertz CT molecular complexity index is 555. The van der Waals surface area contributed by atoms with Crippen LogP contribution in [0.1, 0.15) is 46.0 Å². The molecular formula is C16H23N3OS3. The fourth-order valence-electron chi connectivity index (χ4n) is 3.01. The van der Waals surface area contributed by atoms with Crippen LogP contribution in [0.3, 0.4) is 0 Å². The van der Waals surface area contributed by atoms with Crippen molar-refractivity contribution >= 4 is 50.3 Å². The van der Waals surface area contributed by atoms with Crippen molar-refractivity contribution in [3.8, 4) is 0 Å². The van der Waals surface area contributed by atoms with Crippen LogP contribution in [0.25, 0.3) is 0 Å². The molecule has 0 saturated heterocycles. The minimum absolute atomic E-state index is 0.114. The quantitative estimate of drug-likeness (QED) is 0.788. The van der Waals surface area contributed by atoms with E-state index < -0.39 is 0 Å². The fraction of sp³-hybridized carbons (Fsp3) is 0.688. The highest BCUT2D eigenvalue weighted by molar-refractivity contribution is 8.39. The molecule has 7 heteroatoms. The van der Waals surface area contributed by atoms with Gasteiger partial charge in [0.1, 0.15) is 4.38 Å². The van der Waals surface area contributed by atoms with Crippen LogP contribution in [0.15, 0.2) is 16.6 Å². The molecule has 23 heavy (non-hydrogen) atoms. The van der Waals surface area contributed by atoms with E-state index in [1.807, 2.05) is 17.2 Å². The number of aliphatic imine (C=N–C) groups is 1. The van der Waals surface area contributed by atoms with E-state index in [1.54, 1.807) is 41.1 Å². The summed E-state index contributed by atoms with van der Waals surface area (Å²) in [5.74, 6) is 1.21. The van der Waals surface area contributed by atoms with E-state index in [4.69, 9.17) is 0 Å². The number of anilines is 1. The van der Waals surface area contributed by atoms with Crippen molar-refractivity contribution in [2.45, 2.75) is 63.3 Å². The van der Waals surface area contributed by atoms with E-state index >= 15 is 0 Å². The van der Waals surface area contributed by atoms with Gasteiger partial charge < -0.3 is 0 Å². The van der Waals surface area contributed by atoms with Crippen molar-refractivity contribution in [3.05, 3.63) is 11.6 Å². The number of rotatable bonds is 4. The zero-order valence-electron chi connectivity index (χ0n) is 13.6. The molecule has 4 nitrogen and oxygen atoms in total. The summed E-state index contributed by atoms with van der Waals surface area (Å²) in [5, 5.41) is 2.69. The Morgan fingerprint density at radius 3 is 2.78 bits per heavy atom. The van der Waals surface area contributed by atoms with E-state index in [9.17, 15) is 4.79 Å². The van der Waals surface area contributed by atoms with Crippen LogP contribution in [0.2, 0.25) is 0 Å². The van der Waals surface area contributed by atoms with Crippen molar-refractivity contribution in [2.24, 2.45) is 4.99 Å². The van der Waals surface area contributed by atoms with Crippen LogP contribution in [-0.2, 0) is 4.79 Å². The van der Waals surface area contributed by atoms with Gasteiger partial charge in [0.2, 0.25) is 5.91 Å². The Morgan fingerprint density at radius 2 is 2.17 bits per heavy atom. The van der Waals surface area contributed by atoms with E-state index in [2.05, 4.69) is 16.9 Å². The van der Waals surface area contributed by atoms with Gasteiger partial charge in [-0.15, -0.1) is 11.3 Å². The van der Waals surface area contributed by atoms with Crippen LogP contribution < -0.4 is 4.90 Å². The Kier molecular flexibility index (Phi) is 6.04. The topological polar surface area (TPSA) is 45.6 Å². The predicted octanol–water partition coefficient (Wildman–Crippen LogP) is 4.42. The van der Waals surface area contributed by atoms with Crippen LogP contribution >= 0.6 is 34.9 Å². The summed E-state index contributed by atoms with van der Waals surface area (Å²) in [7, 11) is 0. The predicted molar refractivity (Wildman–Crippen MR) is 103 cm³/mol. The highest BCUT2D eigenvalue weighted by Crippen LogP contribution is 2.33. The maximum Gasteiger partial charge on any atom is 0.242 e. The first-order chi connectivity index (χ1) is 11.1. The van der Waals surface area contributed by atoms with Gasteiger partial charge in [-0.05, 0) is 26.7 Å². The number of hydrogen-bond acceptors (Lipinski definition) is 6. The first kappa shape index (κ1) is 17.3. The fourth-order valence-corrected chi connectivity index (χ4v) is 6.11. The maximum atomic E-state index is 13.1. The zero-order chi connectivity index (χ0) is 16.2. The monoisotopic (exact) mass is 369 g/mol. The molecule has 0 spiro atoms. The first-order valence-corrected chi connectivity index (χ1v) is 11.0. The summed E-state index contributed by atoms with van der Waals surface area (Å²) < 4.78 is 1.06. The van der Waals surface area contributed by atoms with Crippen LogP contribution in [0.4, 0.5) is 5.13 Å². The van der Waals surface area contributed by atoms with Gasteiger partial charge in [-0.25, -0.2) is 4.98 Å². The molecule has 2 heterocycles. The third kappa shape index (κ3) is 4.31. The summed E-state index contributed by atoms with van der Waals surface area (Å²) in [6.07, 6.45) is 7.68. The largest absolute Gasteiger partial charge is 0.284 e. The number of hydrogen-bond donors (Lipinski definition) is 0. The molecule has 3 rings (SSSR count). The Morgan fingerprint density at radius 1 is 1.39 bits per heavy atom. The highest BCUT2D eigenvalue weighted by Gasteiger charge is 2.32. The summed E-state index contributed by atoms with van der Waals surface area (Å²) in [4.78, 5) is 24.1. The first-order valence-electron chi connectivity index (χ1n) is 8.25. The van der Waals surface area contributed by atoms with Crippen molar-refractivity contribution in [3.63, 3.8) is 0 Å². The summed E-state index contributed by atoms with van der Waals surface area (Å²) in [6.45, 7) is 4.12. The number of nitrogens with zero attached hydrogens (tertiary/aromatic N) is 3. The van der Waals surface area contributed by atoms with E-state index in [0.717, 1.165) is 28.1 Å². The van der Waals surface area contributed by atoms with Gasteiger partial charge in [0.15, 0.2) is 5.13 Å². The molecule has 1 aromatic rings. The maximum absolute atomic E-state index is 13.1. The molecule has 0 unspecified atom stereocenters. The summed E-state index contributed by atoms with van der Waals surface area (Å²) in [6, 6.07) is 0.681. The standard InChI is InChI=1S/C16H23N3OS3/c1-11-10-22-16(18-11)23-12(2)14(20)19(15-17-8-9-21-15)13-6-4-3-5-7-13/h8-9,11-13H,3-7,10H2,1-2H3/t11-,12-/m1/s1. The number of thiazole rings is 1. The molecule has 0 aromatic carbocycles. The number of carbonyl (C=O) groups excluding carboxylic acids is 1. The second-order valence-corrected chi connectivity index (χ2v) is 9.60. The summed E-state index contributed by atoms with van der Waals surface area (Å²) >= 11 is 4.94. The van der Waals surface area contributed by atoms with Crippen molar-refractivity contribution in [1.29, 1.82) is 0 Å². The third-order valence-corrected chi connectivity index (χ3v) is 7.48. The van der Waals surface area contributed by atoms with Gasteiger partial charge in [0, 0.05) is 23.4 Å². The molecule has 1 saturated carbocycles. The smallest absolute Gasteiger partial charge is 0.242 e. The molecule has 1 aliphatic heterocycles. The third-order valence-electron chi connectivity index (χ3n) is 4.20. The summed E-state index contributed by atoms with van der Waals surface area (Å²) in [5.41, 5.74) is 0. The normalized spacial score (nSPS) is 23.6. The Labute approximate surface area is 150 Å². The average molecular weight is 370 g/mol. The average Bonchev–Trinajstić information content (AvgIpc) is 3.21. The molecule has 0 bridgehead atoms. The molecule has 1 fully saturated rings. The molecule has 0 N–H and O–H groups in total. The van der Waals surface area contributed by atoms with Gasteiger partial charge in [-0.3, -0.25) is 14.7 Å². The van der Waals surface area contributed by atoms with E-state index in [-0.39, 0.29) is 11.2 Å². The molecule has 2 atom stereocenters. The van der Waals surface area contributed by atoms with Gasteiger partial charge in [-0.1, -0.05) is 42.8 Å². The molecule has 0 radical (unpaired) electrons. The van der Waals surface area contributed by atoms with Gasteiger partial charge in [0.05, 0.1) is 11.3 Å². The Hall–Kier alpha value is -0.530. The number of carbonyl (C=O) groups is 1. The Balaban J connectivity index is 1.73. The van der Waals surface area contributed by atoms with Crippen molar-refractivity contribution < 1.29 is 4.79 Å². The second kappa shape index (κ2) is 8.03. The molecule has 126 valence electrons. The minimum Gasteiger partial charge on any atom is -0.284 e. The molecule has 1 aromatic heterocycles. The lowest BCUT2D eigenvalue weighted by molar-refractivity contribution is -0.118. The van der Waals surface area contributed by atoms with Crippen molar-refractivity contribution in [2.75, 3.05) is 10.7 Å². The molecule has 1 aliphatic carbocycles. The van der Waals surface area contributed by atoms with E-state index in [1.165, 1.54) is 19.3 Å². The zero-order valence-corrected chi connectivity index (χ0v) is 16.1. The van der Waals surface area contributed by atoms with Crippen LogP contribution in [-0.4, -0.2) is 38.4 Å². The lowest BCUT2D eigenvalue weighted by Gasteiger charge is -2.34. The minimum atomic E-state index is -0.114. The van der Waals surface area contributed by atoms with Crippen LogP contribution in [0, 0.1) is 0 Å². The molecular weight excluding hydrogens is 346 g/mol. The van der Waals surface area contributed by atoms with Gasteiger partial charge in [-0.2, -0.15) is 0 Å². The molecule has 2 aliphatic rings. The lowest BCUT2D eigenvalue weighted by Crippen LogP contribution is -2.45. The highest BCUT2D eigenvalue weighted by atomic mass is 32.2. The van der Waals surface area contributed by atoms with Crippen LogP contribution in [0.5, 0.6) is 0 Å². The molecule has 1 amide bonds. The van der Waals surface area contributed by atoms with E-state index in [0.29, 0.717) is 12.1 Å². The van der Waals surface area contributed by atoms with Gasteiger partial charge in [0.25, 0.3) is 0 Å². The lowest BCUT2D eigenvalue weighted by atomic mass is 9.94.